The van der Waals surface area contributed by atoms with E-state index in [1.807, 2.05) is 0 Å². The van der Waals surface area contributed by atoms with Crippen molar-refractivity contribution < 1.29 is 9.59 Å². The first kappa shape index (κ1) is 11.9. The van der Waals surface area contributed by atoms with E-state index in [4.69, 9.17) is 0 Å². The van der Waals surface area contributed by atoms with Crippen LogP contribution in [0.5, 0.6) is 0 Å². The van der Waals surface area contributed by atoms with Gasteiger partial charge in [-0.2, -0.15) is 0 Å². The lowest BCUT2D eigenvalue weighted by atomic mass is 10.3. The minimum Gasteiger partial charge on any atom is -0.359 e. The van der Waals surface area contributed by atoms with Gasteiger partial charge in [0.2, 0.25) is 11.8 Å². The summed E-state index contributed by atoms with van der Waals surface area (Å²) in [6, 6.07) is 0. The fourth-order valence-electron chi connectivity index (χ4n) is 0.789. The number of amides is 2. The number of nitrogens with one attached hydrogen (secondary N) is 3. The predicted octanol–water partition coefficient (Wildman–Crippen LogP) is -1.15. The van der Waals surface area contributed by atoms with Crippen LogP contribution in [0.4, 0.5) is 0 Å². The highest BCUT2D eigenvalue weighted by molar-refractivity contribution is 5.77. The van der Waals surface area contributed by atoms with Crippen molar-refractivity contribution in [1.82, 2.24) is 16.0 Å². The summed E-state index contributed by atoms with van der Waals surface area (Å²) in [7, 11) is 3.20. The average molecular weight is 187 g/mol. The molecule has 0 saturated carbocycles. The van der Waals surface area contributed by atoms with Crippen molar-refractivity contribution in [3.63, 3.8) is 0 Å². The van der Waals surface area contributed by atoms with Gasteiger partial charge in [0.1, 0.15) is 0 Å². The molecule has 0 aromatic heterocycles. The summed E-state index contributed by atoms with van der Waals surface area (Å²) in [5.41, 5.74) is 0. The van der Waals surface area contributed by atoms with Crippen LogP contribution in [0.1, 0.15) is 12.8 Å². The quantitative estimate of drug-likeness (QED) is 0.460. The molecule has 0 aliphatic carbocycles. The summed E-state index contributed by atoms with van der Waals surface area (Å²) in [6.45, 7) is 0.991. The van der Waals surface area contributed by atoms with Crippen molar-refractivity contribution in [1.29, 1.82) is 0 Å². The Morgan fingerprint density at radius 2 is 1.69 bits per heavy atom. The monoisotopic (exact) mass is 187 g/mol. The first-order valence-electron chi connectivity index (χ1n) is 4.32. The van der Waals surface area contributed by atoms with Gasteiger partial charge in [-0.25, -0.2) is 0 Å². The van der Waals surface area contributed by atoms with E-state index in [0.29, 0.717) is 19.5 Å². The predicted molar refractivity (Wildman–Crippen MR) is 50.2 cm³/mol. The molecule has 0 aliphatic heterocycles. The molecule has 2 amide bonds. The number of likely N-dealkylation sites (N-methyl/N-ethyl adjacent to an activating group) is 1. The summed E-state index contributed by atoms with van der Waals surface area (Å²) in [4.78, 5) is 21.5. The van der Waals surface area contributed by atoms with Gasteiger partial charge in [-0.1, -0.05) is 0 Å². The molecule has 0 aromatic carbocycles. The molecular weight excluding hydrogens is 170 g/mol. The maximum Gasteiger partial charge on any atom is 0.233 e. The molecule has 5 heteroatoms. The maximum atomic E-state index is 10.7. The highest BCUT2D eigenvalue weighted by Crippen LogP contribution is 1.85. The number of hydrogen-bond acceptors (Lipinski definition) is 3. The highest BCUT2D eigenvalue weighted by atomic mass is 16.2. The Hall–Kier alpha value is -1.10. The summed E-state index contributed by atoms with van der Waals surface area (Å²) in [5, 5.41) is 7.95. The van der Waals surface area contributed by atoms with Gasteiger partial charge < -0.3 is 16.0 Å². The lowest BCUT2D eigenvalue weighted by Gasteiger charge is -2.02. The Kier molecular flexibility index (Phi) is 6.91. The van der Waals surface area contributed by atoms with Crippen LogP contribution in [0.3, 0.4) is 0 Å². The van der Waals surface area contributed by atoms with Crippen molar-refractivity contribution in [3.8, 4) is 0 Å². The van der Waals surface area contributed by atoms with E-state index in [2.05, 4.69) is 16.0 Å². The van der Waals surface area contributed by atoms with E-state index < -0.39 is 0 Å². The second-order valence-electron chi connectivity index (χ2n) is 2.63. The fourth-order valence-corrected chi connectivity index (χ4v) is 0.789. The first-order chi connectivity index (χ1) is 6.20. The molecule has 0 aliphatic rings. The molecule has 0 bridgehead atoms. The third kappa shape index (κ3) is 7.27. The zero-order valence-electron chi connectivity index (χ0n) is 8.14. The fraction of sp³-hybridized carbons (Fsp3) is 0.750. The van der Waals surface area contributed by atoms with Crippen molar-refractivity contribution >= 4 is 11.8 Å². The molecule has 76 valence electrons. The summed E-state index contributed by atoms with van der Waals surface area (Å²) in [5.74, 6) is -0.0123. The van der Waals surface area contributed by atoms with E-state index in [9.17, 15) is 9.59 Å². The van der Waals surface area contributed by atoms with Crippen LogP contribution >= 0.6 is 0 Å². The maximum absolute atomic E-state index is 10.7. The van der Waals surface area contributed by atoms with Gasteiger partial charge in [-0.3, -0.25) is 9.59 Å². The zero-order valence-corrected chi connectivity index (χ0v) is 8.14. The molecule has 0 spiro atoms. The van der Waals surface area contributed by atoms with Crippen LogP contribution in [0.25, 0.3) is 0 Å². The van der Waals surface area contributed by atoms with Crippen LogP contribution in [0, 0.1) is 0 Å². The van der Waals surface area contributed by atoms with Crippen molar-refractivity contribution in [3.05, 3.63) is 0 Å². The van der Waals surface area contributed by atoms with E-state index in [1.165, 1.54) is 0 Å². The molecule has 13 heavy (non-hydrogen) atoms. The van der Waals surface area contributed by atoms with Crippen molar-refractivity contribution in [2.45, 2.75) is 12.8 Å². The second-order valence-corrected chi connectivity index (χ2v) is 2.63. The molecule has 0 rings (SSSR count). The third-order valence-corrected chi connectivity index (χ3v) is 1.60. The molecule has 3 N–H and O–H groups in total. The lowest BCUT2D eigenvalue weighted by molar-refractivity contribution is -0.120. The molecular formula is C8H17N3O2. The third-order valence-electron chi connectivity index (χ3n) is 1.60. The number of carbonyl (C=O) groups excluding carboxylic acids is 2. The van der Waals surface area contributed by atoms with Gasteiger partial charge in [0.15, 0.2) is 0 Å². The van der Waals surface area contributed by atoms with Gasteiger partial charge in [0, 0.05) is 20.5 Å². The van der Waals surface area contributed by atoms with E-state index in [0.717, 1.165) is 6.42 Å². The zero-order chi connectivity index (χ0) is 10.1. The smallest absolute Gasteiger partial charge is 0.233 e. The van der Waals surface area contributed by atoms with Gasteiger partial charge in [-0.15, -0.1) is 0 Å². The van der Waals surface area contributed by atoms with Crippen molar-refractivity contribution in [2.24, 2.45) is 0 Å². The normalized spacial score (nSPS) is 9.38. The van der Waals surface area contributed by atoms with Crippen molar-refractivity contribution in [2.75, 3.05) is 27.2 Å². The topological polar surface area (TPSA) is 70.2 Å². The summed E-state index contributed by atoms with van der Waals surface area (Å²) >= 11 is 0. The van der Waals surface area contributed by atoms with Crippen LogP contribution < -0.4 is 16.0 Å². The molecule has 0 atom stereocenters. The lowest BCUT2D eigenvalue weighted by Crippen LogP contribution is -2.32. The van der Waals surface area contributed by atoms with E-state index >= 15 is 0 Å². The van der Waals surface area contributed by atoms with Gasteiger partial charge in [-0.05, 0) is 13.0 Å². The Labute approximate surface area is 78.3 Å². The molecule has 0 heterocycles. The largest absolute Gasteiger partial charge is 0.359 e. The van der Waals surface area contributed by atoms with Crippen LogP contribution in [-0.2, 0) is 9.59 Å². The minimum atomic E-state index is -0.0417. The van der Waals surface area contributed by atoms with E-state index in [1.54, 1.807) is 14.1 Å². The van der Waals surface area contributed by atoms with Crippen LogP contribution in [0.15, 0.2) is 0 Å². The Balaban J connectivity index is 3.17. The van der Waals surface area contributed by atoms with Crippen LogP contribution in [0.2, 0.25) is 0 Å². The van der Waals surface area contributed by atoms with Gasteiger partial charge in [0.05, 0.1) is 6.54 Å². The molecule has 5 nitrogen and oxygen atoms in total. The highest BCUT2D eigenvalue weighted by Gasteiger charge is 1.98. The number of rotatable bonds is 6. The molecule has 0 saturated heterocycles. The Bertz CT molecular complexity index is 153. The molecule has 0 radical (unpaired) electrons. The SMILES string of the molecule is CNC(=O)CCCNCC(=O)NC. The summed E-state index contributed by atoms with van der Waals surface area (Å²) < 4.78 is 0. The first-order valence-corrected chi connectivity index (χ1v) is 4.32. The molecule has 0 aromatic rings. The summed E-state index contributed by atoms with van der Waals surface area (Å²) in [6.07, 6.45) is 1.24. The van der Waals surface area contributed by atoms with E-state index in [-0.39, 0.29) is 11.8 Å². The molecule has 0 fully saturated rings. The second kappa shape index (κ2) is 7.54. The molecule has 0 unspecified atom stereocenters. The Morgan fingerprint density at radius 1 is 1.08 bits per heavy atom. The minimum absolute atomic E-state index is 0.0294. The van der Waals surface area contributed by atoms with Gasteiger partial charge >= 0.3 is 0 Å². The standard InChI is InChI=1S/C8H17N3O2/c1-9-7(12)4-3-5-11-6-8(13)10-2/h11H,3-6H2,1-2H3,(H,9,12)(H,10,13). The number of hydrogen-bond donors (Lipinski definition) is 3. The van der Waals surface area contributed by atoms with Gasteiger partial charge in [0.25, 0.3) is 0 Å². The average Bonchev–Trinajstić information content (AvgIpc) is 2.16. The van der Waals surface area contributed by atoms with Crippen LogP contribution in [-0.4, -0.2) is 39.0 Å². The number of carbonyl (C=O) groups is 2. The Morgan fingerprint density at radius 3 is 2.23 bits per heavy atom.